The van der Waals surface area contributed by atoms with Crippen LogP contribution in [0.4, 0.5) is 0 Å². The van der Waals surface area contributed by atoms with Crippen LogP contribution in [0, 0.1) is 0 Å². The van der Waals surface area contributed by atoms with Crippen molar-refractivity contribution in [2.75, 3.05) is 0 Å². The van der Waals surface area contributed by atoms with E-state index in [2.05, 4.69) is 218 Å². The monoisotopic (exact) mass is 708 g/mol. The van der Waals surface area contributed by atoms with Gasteiger partial charge in [-0.25, -0.2) is 0 Å². The highest BCUT2D eigenvalue weighted by Crippen LogP contribution is 2.47. The minimum Gasteiger partial charge on any atom is -0.0622 e. The van der Waals surface area contributed by atoms with Crippen LogP contribution in [-0.2, 0) is 0 Å². The smallest absolute Gasteiger partial charge is 0.00257 e. The summed E-state index contributed by atoms with van der Waals surface area (Å²) in [5.41, 5.74) is 12.2. The van der Waals surface area contributed by atoms with Crippen molar-refractivity contribution in [3.05, 3.63) is 218 Å². The van der Waals surface area contributed by atoms with E-state index >= 15 is 0 Å². The molecule has 260 valence electrons. The molecule has 11 aromatic rings. The summed E-state index contributed by atoms with van der Waals surface area (Å²) in [7, 11) is 0. The molecule has 0 aliphatic carbocycles. The highest BCUT2D eigenvalue weighted by molar-refractivity contribution is 6.22. The van der Waals surface area contributed by atoms with E-state index in [9.17, 15) is 0 Å². The zero-order valence-corrected chi connectivity index (χ0v) is 30.8. The largest absolute Gasteiger partial charge is 0.0622 e. The van der Waals surface area contributed by atoms with Gasteiger partial charge in [0.25, 0.3) is 0 Å². The lowest BCUT2D eigenvalue weighted by Crippen LogP contribution is -1.93. The van der Waals surface area contributed by atoms with Crippen molar-refractivity contribution in [2.45, 2.75) is 0 Å². The van der Waals surface area contributed by atoms with Crippen LogP contribution in [0.25, 0.3) is 109 Å². The fourth-order valence-corrected chi connectivity index (χ4v) is 8.90. The first-order valence-electron chi connectivity index (χ1n) is 19.4. The van der Waals surface area contributed by atoms with Crippen molar-refractivity contribution in [1.29, 1.82) is 0 Å². The van der Waals surface area contributed by atoms with Gasteiger partial charge in [0.2, 0.25) is 0 Å². The Morgan fingerprint density at radius 3 is 1.39 bits per heavy atom. The van der Waals surface area contributed by atoms with E-state index in [1.807, 2.05) is 0 Å². The minimum absolute atomic E-state index is 1.20. The van der Waals surface area contributed by atoms with Gasteiger partial charge in [0.1, 0.15) is 0 Å². The van der Waals surface area contributed by atoms with Gasteiger partial charge in [0, 0.05) is 0 Å². The molecule has 0 amide bonds. The second-order valence-corrected chi connectivity index (χ2v) is 14.9. The molecule has 0 saturated heterocycles. The summed E-state index contributed by atoms with van der Waals surface area (Å²) in [6.45, 7) is 0. The van der Waals surface area contributed by atoms with Crippen molar-refractivity contribution >= 4 is 53.9 Å². The summed E-state index contributed by atoms with van der Waals surface area (Å²) in [5.74, 6) is 0. The van der Waals surface area contributed by atoms with Crippen LogP contribution in [0.1, 0.15) is 0 Å². The Bertz CT molecular complexity index is 3290. The first kappa shape index (κ1) is 32.2. The number of hydrogen-bond acceptors (Lipinski definition) is 0. The van der Waals surface area contributed by atoms with Gasteiger partial charge in [-0.1, -0.05) is 182 Å². The van der Waals surface area contributed by atoms with Gasteiger partial charge in [-0.3, -0.25) is 0 Å². The van der Waals surface area contributed by atoms with E-state index in [-0.39, 0.29) is 0 Å². The molecule has 0 aliphatic heterocycles. The van der Waals surface area contributed by atoms with Crippen LogP contribution >= 0.6 is 0 Å². The van der Waals surface area contributed by atoms with Crippen molar-refractivity contribution in [1.82, 2.24) is 0 Å². The molecule has 0 spiro atoms. The molecule has 0 aliphatic rings. The number of rotatable bonds is 5. The lowest BCUT2D eigenvalue weighted by Gasteiger charge is -2.20. The molecule has 0 nitrogen and oxygen atoms in total. The molecule has 0 bridgehead atoms. The van der Waals surface area contributed by atoms with Gasteiger partial charge in [-0.2, -0.15) is 0 Å². The maximum atomic E-state index is 2.43. The van der Waals surface area contributed by atoms with E-state index in [1.54, 1.807) is 0 Å². The summed E-state index contributed by atoms with van der Waals surface area (Å²) in [6, 6.07) is 80.7. The number of hydrogen-bond donors (Lipinski definition) is 0. The van der Waals surface area contributed by atoms with Crippen molar-refractivity contribution in [2.24, 2.45) is 0 Å². The molecule has 0 unspecified atom stereocenters. The lowest BCUT2D eigenvalue weighted by molar-refractivity contribution is 1.60. The second kappa shape index (κ2) is 13.2. The maximum absolute atomic E-state index is 2.43. The predicted octanol–water partition coefficient (Wildman–Crippen LogP) is 15.8. The van der Waals surface area contributed by atoms with Gasteiger partial charge in [0.15, 0.2) is 0 Å². The first-order chi connectivity index (χ1) is 27.7. The Morgan fingerprint density at radius 2 is 0.661 bits per heavy atom. The Labute approximate surface area is 326 Å². The summed E-state index contributed by atoms with van der Waals surface area (Å²) < 4.78 is 0. The number of benzene rings is 11. The average Bonchev–Trinajstić information content (AvgIpc) is 3.27. The summed E-state index contributed by atoms with van der Waals surface area (Å²) in [6.07, 6.45) is 0. The molecule has 56 heavy (non-hydrogen) atoms. The average molecular weight is 709 g/mol. The molecule has 0 N–H and O–H groups in total. The Kier molecular flexibility index (Phi) is 7.60. The van der Waals surface area contributed by atoms with Crippen LogP contribution < -0.4 is 0 Å². The van der Waals surface area contributed by atoms with Crippen LogP contribution in [0.3, 0.4) is 0 Å². The van der Waals surface area contributed by atoms with E-state index in [0.29, 0.717) is 0 Å². The Balaban J connectivity index is 1.26. The van der Waals surface area contributed by atoms with Crippen molar-refractivity contribution in [3.8, 4) is 55.6 Å². The normalized spacial score (nSPS) is 11.6. The molecule has 0 atom stereocenters. The van der Waals surface area contributed by atoms with Crippen molar-refractivity contribution < 1.29 is 0 Å². The van der Waals surface area contributed by atoms with Crippen LogP contribution in [0.5, 0.6) is 0 Å². The second-order valence-electron chi connectivity index (χ2n) is 14.9. The molecule has 0 heteroatoms. The predicted molar refractivity (Wildman–Crippen MR) is 241 cm³/mol. The van der Waals surface area contributed by atoms with Gasteiger partial charge in [0.05, 0.1) is 0 Å². The highest BCUT2D eigenvalue weighted by atomic mass is 14.2. The third-order valence-electron chi connectivity index (χ3n) is 11.6. The molecule has 0 aromatic heterocycles. The van der Waals surface area contributed by atoms with Gasteiger partial charge in [-0.05, 0) is 146 Å². The molecular weight excluding hydrogens is 673 g/mol. The fraction of sp³-hybridized carbons (Fsp3) is 0. The molecule has 11 aromatic carbocycles. The zero-order valence-electron chi connectivity index (χ0n) is 30.8. The Hall–Kier alpha value is -7.28. The van der Waals surface area contributed by atoms with Gasteiger partial charge < -0.3 is 0 Å². The van der Waals surface area contributed by atoms with E-state index in [4.69, 9.17) is 0 Å². The summed E-state index contributed by atoms with van der Waals surface area (Å²) >= 11 is 0. The molecule has 11 rings (SSSR count). The van der Waals surface area contributed by atoms with Crippen molar-refractivity contribution in [3.63, 3.8) is 0 Å². The molecule has 0 saturated carbocycles. The van der Waals surface area contributed by atoms with Gasteiger partial charge >= 0.3 is 0 Å². The Morgan fingerprint density at radius 1 is 0.179 bits per heavy atom. The molecule has 0 heterocycles. The molecule has 0 fully saturated rings. The summed E-state index contributed by atoms with van der Waals surface area (Å²) in [5, 5.41) is 12.5. The maximum Gasteiger partial charge on any atom is -0.00257 e. The van der Waals surface area contributed by atoms with E-state index in [1.165, 1.54) is 109 Å². The zero-order chi connectivity index (χ0) is 37.0. The summed E-state index contributed by atoms with van der Waals surface area (Å²) in [4.78, 5) is 0. The molecular formula is C56H36. The number of fused-ring (bicyclic) bond motifs is 5. The fourth-order valence-electron chi connectivity index (χ4n) is 8.90. The van der Waals surface area contributed by atoms with Crippen LogP contribution in [-0.4, -0.2) is 0 Å². The van der Waals surface area contributed by atoms with E-state index < -0.39 is 0 Å². The minimum atomic E-state index is 1.20. The van der Waals surface area contributed by atoms with Gasteiger partial charge in [-0.15, -0.1) is 0 Å². The molecule has 0 radical (unpaired) electrons. The third-order valence-corrected chi connectivity index (χ3v) is 11.6. The SMILES string of the molecule is c1ccc(-c2ccc3c(-c4ccc5ccccc5c4)c4ccccc4c(-c4cc(-c5ccc6ccccc6c5)cc(-c5cccc6ccccc56)c4)c3c2)cc1. The standard InChI is InChI=1S/C56H36/c1-2-13-37(14-3-1)44-29-30-53-54(36-44)56(52-23-11-10-22-51(52)55(53)45-28-26-39-16-5-7-19-42(39)32-45)48-34-46(43-27-25-38-15-4-6-18-41(38)31-43)33-47(35-48)50-24-12-20-40-17-8-9-21-49(40)50/h1-36H. The highest BCUT2D eigenvalue weighted by Gasteiger charge is 2.20. The topological polar surface area (TPSA) is 0 Å². The van der Waals surface area contributed by atoms with Crippen LogP contribution in [0.15, 0.2) is 218 Å². The van der Waals surface area contributed by atoms with Crippen LogP contribution in [0.2, 0.25) is 0 Å². The quantitative estimate of drug-likeness (QED) is 0.156. The lowest BCUT2D eigenvalue weighted by atomic mass is 9.83. The first-order valence-corrected chi connectivity index (χ1v) is 19.4. The third kappa shape index (κ3) is 5.46. The van der Waals surface area contributed by atoms with E-state index in [0.717, 1.165) is 0 Å².